The summed E-state index contributed by atoms with van der Waals surface area (Å²) in [6.07, 6.45) is 3.02. The molecule has 0 amide bonds. The van der Waals surface area contributed by atoms with Crippen molar-refractivity contribution in [1.29, 1.82) is 0 Å². The first kappa shape index (κ1) is 15.3. The van der Waals surface area contributed by atoms with Gasteiger partial charge in [-0.15, -0.1) is 0 Å². The van der Waals surface area contributed by atoms with Gasteiger partial charge in [-0.1, -0.05) is 23.7 Å². The smallest absolute Gasteiger partial charge is 0.125 e. The van der Waals surface area contributed by atoms with Gasteiger partial charge in [-0.25, -0.2) is 4.39 Å². The van der Waals surface area contributed by atoms with Crippen LogP contribution in [0, 0.1) is 5.82 Å². The lowest BCUT2D eigenvalue weighted by molar-refractivity contribution is 0.251. The van der Waals surface area contributed by atoms with Gasteiger partial charge in [-0.05, 0) is 66.8 Å². The van der Waals surface area contributed by atoms with Crippen molar-refractivity contribution < 1.29 is 4.39 Å². The molecule has 0 aromatic heterocycles. The molecule has 0 aliphatic carbocycles. The molecule has 0 radical (unpaired) electrons. The molecule has 0 saturated heterocycles. The van der Waals surface area contributed by atoms with E-state index in [4.69, 9.17) is 17.3 Å². The molecule has 116 valence electrons. The summed E-state index contributed by atoms with van der Waals surface area (Å²) in [5, 5.41) is 0.774. The first-order chi connectivity index (χ1) is 10.6. The number of halogens is 2. The number of hydrogen-bond acceptors (Lipinski definition) is 2. The van der Waals surface area contributed by atoms with Gasteiger partial charge in [0.05, 0.1) is 0 Å². The van der Waals surface area contributed by atoms with Crippen molar-refractivity contribution in [3.05, 3.63) is 63.9 Å². The minimum atomic E-state index is -0.237. The third-order valence-electron chi connectivity index (χ3n) is 4.27. The summed E-state index contributed by atoms with van der Waals surface area (Å²) in [7, 11) is 0. The Labute approximate surface area is 135 Å². The Morgan fingerprint density at radius 1 is 1.18 bits per heavy atom. The highest BCUT2D eigenvalue weighted by Gasteiger charge is 2.18. The molecule has 2 N–H and O–H groups in total. The summed E-state index contributed by atoms with van der Waals surface area (Å²) < 4.78 is 13.5. The Hall–Kier alpha value is -1.58. The van der Waals surface area contributed by atoms with Crippen LogP contribution in [0.1, 0.15) is 23.1 Å². The van der Waals surface area contributed by atoms with Crippen molar-refractivity contribution in [3.63, 3.8) is 0 Å². The Bertz CT molecular complexity index is 655. The average molecular weight is 319 g/mol. The molecule has 0 saturated carbocycles. The molecule has 1 aliphatic heterocycles. The molecule has 1 aliphatic rings. The second-order valence-corrected chi connectivity index (χ2v) is 6.33. The highest BCUT2D eigenvalue weighted by molar-refractivity contribution is 6.30. The summed E-state index contributed by atoms with van der Waals surface area (Å²) in [6.45, 7) is 2.79. The third-order valence-corrected chi connectivity index (χ3v) is 4.52. The first-order valence-corrected chi connectivity index (χ1v) is 8.03. The van der Waals surface area contributed by atoms with E-state index in [1.54, 1.807) is 6.07 Å². The van der Waals surface area contributed by atoms with Crippen LogP contribution in [0.25, 0.3) is 0 Å². The third kappa shape index (κ3) is 3.60. The molecule has 0 atom stereocenters. The van der Waals surface area contributed by atoms with Crippen LogP contribution in [-0.2, 0) is 19.4 Å². The van der Waals surface area contributed by atoms with Crippen LogP contribution < -0.4 is 5.73 Å². The number of aryl methyl sites for hydroxylation is 1. The topological polar surface area (TPSA) is 29.3 Å². The predicted molar refractivity (Wildman–Crippen MR) is 89.6 cm³/mol. The zero-order valence-electron chi connectivity index (χ0n) is 12.5. The van der Waals surface area contributed by atoms with E-state index < -0.39 is 0 Å². The van der Waals surface area contributed by atoms with Crippen molar-refractivity contribution in [1.82, 2.24) is 4.90 Å². The number of fused-ring (bicyclic) bond motifs is 1. The summed E-state index contributed by atoms with van der Waals surface area (Å²) in [4.78, 5) is 2.37. The molecule has 2 nitrogen and oxygen atoms in total. The van der Waals surface area contributed by atoms with E-state index in [0.29, 0.717) is 5.69 Å². The van der Waals surface area contributed by atoms with Gasteiger partial charge in [-0.3, -0.25) is 4.90 Å². The van der Waals surface area contributed by atoms with Gasteiger partial charge in [0.2, 0.25) is 0 Å². The zero-order chi connectivity index (χ0) is 15.5. The maximum atomic E-state index is 13.5. The van der Waals surface area contributed by atoms with Crippen LogP contribution in [0.5, 0.6) is 0 Å². The fourth-order valence-electron chi connectivity index (χ4n) is 3.10. The van der Waals surface area contributed by atoms with Crippen LogP contribution in [0.4, 0.5) is 10.1 Å². The fraction of sp³-hybridized carbons (Fsp3) is 0.333. The van der Waals surface area contributed by atoms with Crippen molar-refractivity contribution >= 4 is 17.3 Å². The molecule has 0 unspecified atom stereocenters. The van der Waals surface area contributed by atoms with Crippen molar-refractivity contribution in [2.75, 3.05) is 18.8 Å². The molecule has 0 fully saturated rings. The second-order valence-electron chi connectivity index (χ2n) is 5.89. The van der Waals surface area contributed by atoms with E-state index in [1.807, 2.05) is 12.1 Å². The van der Waals surface area contributed by atoms with E-state index in [0.717, 1.165) is 55.0 Å². The lowest BCUT2D eigenvalue weighted by Gasteiger charge is -2.29. The molecule has 4 heteroatoms. The Balaban J connectivity index is 1.55. The quantitative estimate of drug-likeness (QED) is 0.862. The molecule has 3 rings (SSSR count). The van der Waals surface area contributed by atoms with Crippen molar-refractivity contribution in [3.8, 4) is 0 Å². The number of anilines is 1. The van der Waals surface area contributed by atoms with Crippen molar-refractivity contribution in [2.45, 2.75) is 25.8 Å². The average Bonchev–Trinajstić information content (AvgIpc) is 2.49. The van der Waals surface area contributed by atoms with Gasteiger partial charge < -0.3 is 5.73 Å². The summed E-state index contributed by atoms with van der Waals surface area (Å²) in [5.41, 5.74) is 9.96. The summed E-state index contributed by atoms with van der Waals surface area (Å²) >= 11 is 5.89. The zero-order valence-corrected chi connectivity index (χ0v) is 13.2. The van der Waals surface area contributed by atoms with Crippen LogP contribution in [0.3, 0.4) is 0 Å². The number of rotatable bonds is 4. The minimum Gasteiger partial charge on any atom is -0.398 e. The van der Waals surface area contributed by atoms with E-state index in [-0.39, 0.29) is 5.82 Å². The van der Waals surface area contributed by atoms with Gasteiger partial charge in [0.1, 0.15) is 5.82 Å². The second kappa shape index (κ2) is 6.67. The van der Waals surface area contributed by atoms with Crippen molar-refractivity contribution in [2.24, 2.45) is 0 Å². The largest absolute Gasteiger partial charge is 0.398 e. The molecular weight excluding hydrogens is 299 g/mol. The number of nitrogens with zero attached hydrogens (tertiary/aromatic N) is 1. The Morgan fingerprint density at radius 2 is 1.95 bits per heavy atom. The monoisotopic (exact) mass is 318 g/mol. The maximum Gasteiger partial charge on any atom is 0.125 e. The van der Waals surface area contributed by atoms with Gasteiger partial charge in [-0.2, -0.15) is 0 Å². The lowest BCUT2D eigenvalue weighted by atomic mass is 9.97. The number of nitrogen functional groups attached to an aromatic ring is 1. The first-order valence-electron chi connectivity index (χ1n) is 7.65. The van der Waals surface area contributed by atoms with Crippen LogP contribution in [0.15, 0.2) is 36.4 Å². The standard InChI is InChI=1S/C18H20ClFN2/c19-15-5-3-13(4-6-15)2-1-8-22-9-7-17-14(12-22)10-16(20)11-18(17)21/h3-6,10-11H,1-2,7-9,12,21H2. The molecular formula is C18H20ClFN2. The van der Waals surface area contributed by atoms with Gasteiger partial charge in [0, 0.05) is 23.8 Å². The number of hydrogen-bond donors (Lipinski definition) is 1. The fourth-order valence-corrected chi connectivity index (χ4v) is 3.23. The van der Waals surface area contributed by atoms with Gasteiger partial charge in [0.25, 0.3) is 0 Å². The molecule has 0 bridgehead atoms. The van der Waals surface area contributed by atoms with Crippen LogP contribution >= 0.6 is 11.6 Å². The highest BCUT2D eigenvalue weighted by atomic mass is 35.5. The summed E-state index contributed by atoms with van der Waals surface area (Å²) in [6, 6.07) is 11.1. The lowest BCUT2D eigenvalue weighted by Crippen LogP contribution is -2.32. The minimum absolute atomic E-state index is 0.237. The number of nitrogens with two attached hydrogens (primary N) is 1. The van der Waals surface area contributed by atoms with E-state index in [9.17, 15) is 4.39 Å². The van der Waals surface area contributed by atoms with E-state index >= 15 is 0 Å². The van der Waals surface area contributed by atoms with Crippen LogP contribution in [0.2, 0.25) is 5.02 Å². The summed E-state index contributed by atoms with van der Waals surface area (Å²) in [5.74, 6) is -0.237. The molecule has 0 spiro atoms. The number of benzene rings is 2. The van der Waals surface area contributed by atoms with Gasteiger partial charge >= 0.3 is 0 Å². The molecule has 22 heavy (non-hydrogen) atoms. The van der Waals surface area contributed by atoms with Crippen LogP contribution in [-0.4, -0.2) is 18.0 Å². The maximum absolute atomic E-state index is 13.5. The normalized spacial score (nSPS) is 14.8. The molecule has 2 aromatic rings. The van der Waals surface area contributed by atoms with Gasteiger partial charge in [0.15, 0.2) is 0 Å². The van der Waals surface area contributed by atoms with E-state index in [2.05, 4.69) is 17.0 Å². The molecule has 1 heterocycles. The van der Waals surface area contributed by atoms with E-state index in [1.165, 1.54) is 11.6 Å². The highest BCUT2D eigenvalue weighted by Crippen LogP contribution is 2.25. The SMILES string of the molecule is Nc1cc(F)cc2c1CCN(CCCc1ccc(Cl)cc1)C2. The predicted octanol–water partition coefficient (Wildman–Crippen LogP) is 4.05. The Morgan fingerprint density at radius 3 is 2.73 bits per heavy atom. The Kier molecular flexibility index (Phi) is 4.65. The molecule has 2 aromatic carbocycles.